The third kappa shape index (κ3) is 14.6. The van der Waals surface area contributed by atoms with Gasteiger partial charge in [0.1, 0.15) is 0 Å². The van der Waals surface area contributed by atoms with Crippen LogP contribution in [-0.4, -0.2) is 37.7 Å². The third-order valence-electron chi connectivity index (χ3n) is 9.97. The number of anilines is 1. The fraction of sp³-hybridized carbons (Fsp3) is 0.465. The van der Waals surface area contributed by atoms with Crippen LogP contribution < -0.4 is 10.2 Å². The number of hydrogen-bond acceptors (Lipinski definition) is 2. The van der Waals surface area contributed by atoms with Crippen molar-refractivity contribution in [3.63, 3.8) is 0 Å². The summed E-state index contributed by atoms with van der Waals surface area (Å²) in [5.41, 5.74) is 6.16. The minimum atomic E-state index is -0.0867. The maximum Gasteiger partial charge on any atom is 2.00 e. The Morgan fingerprint density at radius 1 is 0.673 bits per heavy atom. The molecule has 2 nitrogen and oxygen atoms in total. The Bertz CT molecular complexity index is 1120. The molecule has 0 spiro atoms. The predicted octanol–water partition coefficient (Wildman–Crippen LogP) is 11.6. The van der Waals surface area contributed by atoms with Crippen LogP contribution >= 0.6 is 17.5 Å². The van der Waals surface area contributed by atoms with E-state index in [0.29, 0.717) is 6.04 Å². The van der Waals surface area contributed by atoms with Crippen LogP contribution in [0, 0.1) is 63.7 Å². The molecule has 0 aromatic heterocycles. The van der Waals surface area contributed by atoms with Crippen LogP contribution in [0.15, 0.2) is 53.5 Å². The van der Waals surface area contributed by atoms with Gasteiger partial charge in [-0.15, -0.1) is 0 Å². The largest absolute Gasteiger partial charge is 2.00 e. The Hall–Kier alpha value is -0.188. The van der Waals surface area contributed by atoms with Crippen molar-refractivity contribution in [2.75, 3.05) is 19.0 Å². The van der Waals surface area contributed by atoms with E-state index >= 15 is 0 Å². The Labute approximate surface area is 328 Å². The first-order chi connectivity index (χ1) is 23.7. The monoisotopic (exact) mass is 828 g/mol. The smallest absolute Gasteiger partial charge is 2.00 e. The zero-order valence-corrected chi connectivity index (χ0v) is 33.9. The number of rotatable bonds is 7. The number of halogens is 1. The Morgan fingerprint density at radius 3 is 1.67 bits per heavy atom. The summed E-state index contributed by atoms with van der Waals surface area (Å²) in [5.74, 6) is 1.12. The first kappa shape index (κ1) is 43.2. The van der Waals surface area contributed by atoms with Gasteiger partial charge < -0.3 is 11.3 Å². The molecule has 266 valence electrons. The molecule has 2 aromatic carbocycles. The van der Waals surface area contributed by atoms with Crippen LogP contribution in [0.1, 0.15) is 96.3 Å². The van der Waals surface area contributed by atoms with Crippen LogP contribution in [-0.2, 0) is 35.2 Å². The molecule has 6 heteroatoms. The van der Waals surface area contributed by atoms with E-state index in [2.05, 4.69) is 107 Å². The van der Waals surface area contributed by atoms with E-state index in [4.69, 9.17) is 0 Å². The maximum atomic E-state index is 4.57. The fourth-order valence-corrected chi connectivity index (χ4v) is 11.5. The maximum absolute atomic E-state index is 4.57. The predicted molar refractivity (Wildman–Crippen MR) is 209 cm³/mol. The van der Waals surface area contributed by atoms with Gasteiger partial charge in [-0.2, -0.15) is 5.92 Å². The Balaban J connectivity index is 0.000000255. The van der Waals surface area contributed by atoms with Crippen molar-refractivity contribution in [3.05, 3.63) is 112 Å². The first-order valence-electron chi connectivity index (χ1n) is 18.3. The molecule has 2 aromatic rings. The summed E-state index contributed by atoms with van der Waals surface area (Å²) < 4.78 is 0. The average Bonchev–Trinajstić information content (AvgIpc) is 3.92. The van der Waals surface area contributed by atoms with Gasteiger partial charge in [0.15, 0.2) is 0 Å². The SMILES string of the molecule is CN(C)c1ccccc1-c1ccccc1P(C1CCCCC1)C1CCCCC1.[C-]1[CH][CH][CH][C]1C=NC1CCCCC1.[CH]1[CH][CH][CH][CH]1.[Cl][Pd+].[Fe+2]. The van der Waals surface area contributed by atoms with Crippen LogP contribution in [0.3, 0.4) is 0 Å². The van der Waals surface area contributed by atoms with Gasteiger partial charge in [-0.25, -0.2) is 6.42 Å². The van der Waals surface area contributed by atoms with E-state index in [1.807, 2.05) is 57.6 Å². The van der Waals surface area contributed by atoms with Gasteiger partial charge in [0.25, 0.3) is 0 Å². The van der Waals surface area contributed by atoms with Crippen molar-refractivity contribution >= 4 is 34.7 Å². The molecule has 0 bridgehead atoms. The van der Waals surface area contributed by atoms with Crippen LogP contribution in [0.2, 0.25) is 0 Å². The van der Waals surface area contributed by atoms with Crippen molar-refractivity contribution in [1.29, 1.82) is 0 Å². The summed E-state index contributed by atoms with van der Waals surface area (Å²) in [4.78, 5) is 6.84. The van der Waals surface area contributed by atoms with Gasteiger partial charge in [0.05, 0.1) is 0 Å². The molecule has 0 N–H and O–H groups in total. The van der Waals surface area contributed by atoms with Gasteiger partial charge in [-0.3, -0.25) is 4.99 Å². The van der Waals surface area contributed by atoms with Crippen molar-refractivity contribution in [2.45, 2.75) is 114 Å². The topological polar surface area (TPSA) is 15.6 Å². The molecule has 0 saturated heterocycles. The number of nitrogens with zero attached hydrogens (tertiary/aromatic N) is 2. The van der Waals surface area contributed by atoms with Gasteiger partial charge in [-0.1, -0.05) is 121 Å². The molecule has 5 aliphatic carbocycles. The number of hydrogen-bond donors (Lipinski definition) is 0. The van der Waals surface area contributed by atoms with Crippen molar-refractivity contribution < 1.29 is 35.2 Å². The normalized spacial score (nSPS) is 20.8. The first-order valence-corrected chi connectivity index (χ1v) is 21.8. The molecule has 0 aliphatic heterocycles. The van der Waals surface area contributed by atoms with E-state index in [1.165, 1.54) is 113 Å². The molecule has 0 atom stereocenters. The molecule has 49 heavy (non-hydrogen) atoms. The molecular formula is C43H56ClFeN2PPd+2. The molecule has 0 heterocycles. The summed E-state index contributed by atoms with van der Waals surface area (Å²) >= 11 is 2.22. The summed E-state index contributed by atoms with van der Waals surface area (Å²) in [6, 6.07) is 19.0. The second-order valence-electron chi connectivity index (χ2n) is 13.6. The summed E-state index contributed by atoms with van der Waals surface area (Å²) in [6.45, 7) is 0. The molecule has 0 unspecified atom stereocenters. The molecule has 7 rings (SSSR count). The Kier molecular flexibility index (Phi) is 22.7. The number of para-hydroxylation sites is 1. The number of benzene rings is 2. The van der Waals surface area contributed by atoms with Crippen molar-refractivity contribution in [1.82, 2.24) is 0 Å². The second kappa shape index (κ2) is 25.7. The third-order valence-corrected chi connectivity index (χ3v) is 13.5. The molecule has 5 aliphatic rings. The van der Waals surface area contributed by atoms with Crippen LogP contribution in [0.4, 0.5) is 5.69 Å². The summed E-state index contributed by atoms with van der Waals surface area (Å²) in [5, 5.41) is 1.70. The second-order valence-corrected chi connectivity index (χ2v) is 16.3. The zero-order chi connectivity index (χ0) is 33.8. The molecule has 5 fully saturated rings. The molecule has 10 radical (unpaired) electrons. The van der Waals surface area contributed by atoms with Crippen LogP contribution in [0.5, 0.6) is 0 Å². The van der Waals surface area contributed by atoms with Crippen molar-refractivity contribution in [3.8, 4) is 11.1 Å². The fourth-order valence-electron chi connectivity index (χ4n) is 7.59. The summed E-state index contributed by atoms with van der Waals surface area (Å²) in [6.07, 6.45) is 42.3. The van der Waals surface area contributed by atoms with Crippen LogP contribution in [0.25, 0.3) is 11.1 Å². The van der Waals surface area contributed by atoms with E-state index in [0.717, 1.165) is 17.2 Å². The standard InChI is InChI=1S/C26H36NP.C12H15N.C5H5.ClH.Fe.Pd/c1-27(2)25-19-11-9-17-23(25)24-18-10-12-20-26(24)28(21-13-5-3-6-14-21)22-15-7-4-8-16-22;1-2-8-12(9-3-1)13-10-11-6-4-5-7-11;1-2-4-5-3-1;;;/h9-12,17-22H,3-8,13-16H2,1-2H3;4-6,10,12H,1-3,8-9H2;1-5H;1H;;/q;-1;;;2*+2/p-1. The van der Waals surface area contributed by atoms with Gasteiger partial charge in [-0.05, 0) is 105 Å². The molecule has 0 amide bonds. The van der Waals surface area contributed by atoms with E-state index in [9.17, 15) is 0 Å². The zero-order valence-electron chi connectivity index (χ0n) is 29.5. The quantitative estimate of drug-likeness (QED) is 0.117. The van der Waals surface area contributed by atoms with Gasteiger partial charge in [0, 0.05) is 31.4 Å². The molecular weight excluding hydrogens is 773 g/mol. The van der Waals surface area contributed by atoms with Gasteiger partial charge >= 0.3 is 44.8 Å². The number of aliphatic imine (C=N–C) groups is 1. The van der Waals surface area contributed by atoms with Crippen molar-refractivity contribution in [2.24, 2.45) is 4.99 Å². The minimum Gasteiger partial charge on any atom is 2.00 e. The average molecular weight is 830 g/mol. The summed E-state index contributed by atoms with van der Waals surface area (Å²) in [7, 11) is 8.75. The van der Waals surface area contributed by atoms with Gasteiger partial charge in [0.2, 0.25) is 0 Å². The Morgan fingerprint density at radius 2 is 1.16 bits per heavy atom. The van der Waals surface area contributed by atoms with E-state index in [1.54, 1.807) is 5.30 Å². The minimum absolute atomic E-state index is 0. The van der Waals surface area contributed by atoms with E-state index in [-0.39, 0.29) is 25.0 Å². The molecule has 5 saturated carbocycles. The van der Waals surface area contributed by atoms with E-state index < -0.39 is 0 Å².